The maximum Gasteiger partial charge on any atom is 0.415 e. The Morgan fingerprint density at radius 3 is 2.47 bits per heavy atom. The SMILES string of the molecule is Cc1cccc(OC(=O)N2CCN(C(=O)C3=CCC(NS(=O)(=O)c4cccc5cccnc45)C=C3)CC2)c1. The van der Waals surface area contributed by atoms with E-state index in [0.29, 0.717) is 49.4 Å². The number of amides is 2. The van der Waals surface area contributed by atoms with Gasteiger partial charge in [-0.2, -0.15) is 0 Å². The van der Waals surface area contributed by atoms with Crippen molar-refractivity contribution >= 4 is 32.9 Å². The van der Waals surface area contributed by atoms with Crippen molar-refractivity contribution in [1.29, 1.82) is 0 Å². The highest BCUT2D eigenvalue weighted by atomic mass is 32.2. The zero-order chi connectivity index (χ0) is 26.7. The molecule has 1 aliphatic heterocycles. The molecule has 38 heavy (non-hydrogen) atoms. The highest BCUT2D eigenvalue weighted by Gasteiger charge is 2.28. The van der Waals surface area contributed by atoms with Gasteiger partial charge in [-0.05, 0) is 43.2 Å². The molecular weight excluding hydrogens is 504 g/mol. The number of hydrogen-bond donors (Lipinski definition) is 1. The minimum Gasteiger partial charge on any atom is -0.410 e. The van der Waals surface area contributed by atoms with Crippen molar-refractivity contribution < 1.29 is 22.7 Å². The average Bonchev–Trinajstić information content (AvgIpc) is 2.92. The molecule has 1 saturated heterocycles. The lowest BCUT2D eigenvalue weighted by Crippen LogP contribution is -2.51. The fourth-order valence-electron chi connectivity index (χ4n) is 4.54. The summed E-state index contributed by atoms with van der Waals surface area (Å²) in [6.07, 6.45) is 6.57. The lowest BCUT2D eigenvalue weighted by molar-refractivity contribution is -0.128. The number of nitrogens with one attached hydrogen (secondary N) is 1. The first-order chi connectivity index (χ1) is 18.3. The molecule has 1 atom stereocenters. The van der Waals surface area contributed by atoms with Crippen LogP contribution in [0.25, 0.3) is 10.9 Å². The summed E-state index contributed by atoms with van der Waals surface area (Å²) in [5.41, 5.74) is 1.92. The zero-order valence-electron chi connectivity index (χ0n) is 20.9. The van der Waals surface area contributed by atoms with Gasteiger partial charge in [0.2, 0.25) is 10.0 Å². The number of carbonyl (C=O) groups is 2. The van der Waals surface area contributed by atoms with Gasteiger partial charge in [0.15, 0.2) is 0 Å². The number of fused-ring (bicyclic) bond motifs is 1. The summed E-state index contributed by atoms with van der Waals surface area (Å²) in [5.74, 6) is 0.348. The molecule has 0 bridgehead atoms. The van der Waals surface area contributed by atoms with Gasteiger partial charge in [-0.3, -0.25) is 9.78 Å². The number of ether oxygens (including phenoxy) is 1. The van der Waals surface area contributed by atoms with E-state index >= 15 is 0 Å². The molecular formula is C28H28N4O5S. The highest BCUT2D eigenvalue weighted by Crippen LogP contribution is 2.23. The van der Waals surface area contributed by atoms with Gasteiger partial charge in [-0.25, -0.2) is 17.9 Å². The topological polar surface area (TPSA) is 109 Å². The molecule has 1 unspecified atom stereocenters. The number of para-hydroxylation sites is 1. The Hall–Kier alpha value is -4.02. The van der Waals surface area contributed by atoms with Gasteiger partial charge in [0.05, 0.1) is 5.52 Å². The minimum absolute atomic E-state index is 0.119. The van der Waals surface area contributed by atoms with Crippen LogP contribution in [0.4, 0.5) is 4.79 Å². The summed E-state index contributed by atoms with van der Waals surface area (Å²) in [5, 5.41) is 0.742. The van der Waals surface area contributed by atoms with Gasteiger partial charge in [-0.1, -0.05) is 48.6 Å². The Kier molecular flexibility index (Phi) is 7.26. The Labute approximate surface area is 221 Å². The molecule has 196 valence electrons. The first-order valence-corrected chi connectivity index (χ1v) is 13.9. The standard InChI is InChI=1S/C28H28N4O5S/c1-20-5-2-8-24(19-20)37-28(34)32-17-15-31(16-18-32)27(33)22-10-12-23(13-11-22)30-38(35,36)25-9-3-6-21-7-4-14-29-26(21)25/h2-12,14,19,23,30H,13,15-18H2,1H3. The van der Waals surface area contributed by atoms with Gasteiger partial charge in [-0.15, -0.1) is 0 Å². The molecule has 1 aromatic heterocycles. The number of hydrogen-bond acceptors (Lipinski definition) is 6. The predicted octanol–water partition coefficient (Wildman–Crippen LogP) is 3.42. The molecule has 2 heterocycles. The number of aryl methyl sites for hydroxylation is 1. The summed E-state index contributed by atoms with van der Waals surface area (Å²) >= 11 is 0. The van der Waals surface area contributed by atoms with Gasteiger partial charge < -0.3 is 14.5 Å². The summed E-state index contributed by atoms with van der Waals surface area (Å²) in [6, 6.07) is 15.4. The second-order valence-electron chi connectivity index (χ2n) is 9.28. The van der Waals surface area contributed by atoms with Crippen LogP contribution in [-0.4, -0.2) is 67.4 Å². The van der Waals surface area contributed by atoms with Crippen LogP contribution in [-0.2, 0) is 14.8 Å². The molecule has 9 nitrogen and oxygen atoms in total. The molecule has 2 amide bonds. The molecule has 1 aliphatic carbocycles. The molecule has 2 aromatic carbocycles. The number of benzene rings is 2. The minimum atomic E-state index is -3.82. The predicted molar refractivity (Wildman–Crippen MR) is 143 cm³/mol. The van der Waals surface area contributed by atoms with Crippen molar-refractivity contribution in [2.24, 2.45) is 0 Å². The molecule has 0 spiro atoms. The van der Waals surface area contributed by atoms with Crippen LogP contribution < -0.4 is 9.46 Å². The highest BCUT2D eigenvalue weighted by molar-refractivity contribution is 7.89. The Balaban J connectivity index is 1.15. The largest absolute Gasteiger partial charge is 0.415 e. The maximum atomic E-state index is 13.1. The summed E-state index contributed by atoms with van der Waals surface area (Å²) in [7, 11) is -3.82. The Morgan fingerprint density at radius 1 is 1.00 bits per heavy atom. The van der Waals surface area contributed by atoms with E-state index in [1.54, 1.807) is 58.5 Å². The second-order valence-corrected chi connectivity index (χ2v) is 11.0. The molecule has 3 aromatic rings. The van der Waals surface area contributed by atoms with Crippen molar-refractivity contribution in [3.8, 4) is 5.75 Å². The van der Waals surface area contributed by atoms with E-state index in [9.17, 15) is 18.0 Å². The van der Waals surface area contributed by atoms with Crippen LogP contribution in [0.5, 0.6) is 5.75 Å². The third-order valence-corrected chi connectivity index (χ3v) is 8.08. The first-order valence-electron chi connectivity index (χ1n) is 12.4. The zero-order valence-corrected chi connectivity index (χ0v) is 21.7. The molecule has 2 aliphatic rings. The lowest BCUT2D eigenvalue weighted by atomic mass is 10.0. The molecule has 5 rings (SSSR count). The van der Waals surface area contributed by atoms with Crippen LogP contribution in [0.1, 0.15) is 12.0 Å². The molecule has 1 N–H and O–H groups in total. The number of rotatable bonds is 5. The fourth-order valence-corrected chi connectivity index (χ4v) is 5.92. The number of pyridine rings is 1. The van der Waals surface area contributed by atoms with Gasteiger partial charge in [0.1, 0.15) is 10.6 Å². The molecule has 0 radical (unpaired) electrons. The van der Waals surface area contributed by atoms with E-state index in [1.165, 1.54) is 6.07 Å². The Morgan fingerprint density at radius 2 is 1.74 bits per heavy atom. The van der Waals surface area contributed by atoms with Crippen LogP contribution in [0.3, 0.4) is 0 Å². The van der Waals surface area contributed by atoms with E-state index in [4.69, 9.17) is 4.74 Å². The van der Waals surface area contributed by atoms with Crippen molar-refractivity contribution in [3.05, 3.63) is 90.2 Å². The third kappa shape index (κ3) is 5.61. The van der Waals surface area contributed by atoms with E-state index in [2.05, 4.69) is 9.71 Å². The van der Waals surface area contributed by atoms with Crippen molar-refractivity contribution in [3.63, 3.8) is 0 Å². The van der Waals surface area contributed by atoms with Crippen LogP contribution in [0.15, 0.2) is 89.5 Å². The average molecular weight is 533 g/mol. The summed E-state index contributed by atoms with van der Waals surface area (Å²) < 4.78 is 34.3. The first kappa shape index (κ1) is 25.6. The molecule has 10 heteroatoms. The smallest absolute Gasteiger partial charge is 0.410 e. The quantitative estimate of drug-likeness (QED) is 0.540. The molecule has 1 fully saturated rings. The van der Waals surface area contributed by atoms with Gasteiger partial charge >= 0.3 is 6.09 Å². The van der Waals surface area contributed by atoms with E-state index in [-0.39, 0.29) is 10.8 Å². The monoisotopic (exact) mass is 532 g/mol. The number of sulfonamides is 1. The lowest BCUT2D eigenvalue weighted by Gasteiger charge is -2.34. The van der Waals surface area contributed by atoms with Gasteiger partial charge in [0.25, 0.3) is 5.91 Å². The van der Waals surface area contributed by atoms with E-state index < -0.39 is 22.2 Å². The molecule has 0 saturated carbocycles. The van der Waals surface area contributed by atoms with Crippen molar-refractivity contribution in [2.75, 3.05) is 26.2 Å². The van der Waals surface area contributed by atoms with Crippen molar-refractivity contribution in [2.45, 2.75) is 24.3 Å². The number of piperazine rings is 1. The van der Waals surface area contributed by atoms with Crippen LogP contribution >= 0.6 is 0 Å². The second kappa shape index (κ2) is 10.8. The fraction of sp³-hybridized carbons (Fsp3) is 0.250. The van der Waals surface area contributed by atoms with Crippen LogP contribution in [0.2, 0.25) is 0 Å². The normalized spacial score (nSPS) is 17.8. The van der Waals surface area contributed by atoms with Crippen molar-refractivity contribution in [1.82, 2.24) is 19.5 Å². The summed E-state index contributed by atoms with van der Waals surface area (Å²) in [4.78, 5) is 33.2. The number of nitrogens with zero attached hydrogens (tertiary/aromatic N) is 3. The van der Waals surface area contributed by atoms with Gasteiger partial charge in [0, 0.05) is 49.4 Å². The van der Waals surface area contributed by atoms with E-state index in [1.807, 2.05) is 31.2 Å². The number of carbonyl (C=O) groups excluding carboxylic acids is 2. The third-order valence-electron chi connectivity index (χ3n) is 6.56. The van der Waals surface area contributed by atoms with Crippen LogP contribution in [0, 0.1) is 6.92 Å². The maximum absolute atomic E-state index is 13.1. The summed E-state index contributed by atoms with van der Waals surface area (Å²) in [6.45, 7) is 3.44. The van der Waals surface area contributed by atoms with E-state index in [0.717, 1.165) is 10.9 Å². The number of aromatic nitrogens is 1. The Bertz CT molecular complexity index is 1540.